The Morgan fingerprint density at radius 3 is 3.00 bits per heavy atom. The number of aromatic nitrogens is 1. The van der Waals surface area contributed by atoms with Crippen molar-refractivity contribution in [2.45, 2.75) is 19.4 Å². The van der Waals surface area contributed by atoms with Crippen molar-refractivity contribution in [1.29, 1.82) is 0 Å². The van der Waals surface area contributed by atoms with Gasteiger partial charge in [-0.1, -0.05) is 12.1 Å². The Hall–Kier alpha value is -1.87. The van der Waals surface area contributed by atoms with Crippen molar-refractivity contribution >= 4 is 0 Å². The summed E-state index contributed by atoms with van der Waals surface area (Å²) in [6.45, 7) is 2.90. The number of pyridine rings is 1. The van der Waals surface area contributed by atoms with E-state index in [9.17, 15) is 0 Å². The van der Waals surface area contributed by atoms with Crippen LogP contribution >= 0.6 is 0 Å². The van der Waals surface area contributed by atoms with E-state index in [4.69, 9.17) is 4.74 Å². The Morgan fingerprint density at radius 2 is 2.21 bits per heavy atom. The summed E-state index contributed by atoms with van der Waals surface area (Å²) in [6.07, 6.45) is 4.77. The van der Waals surface area contributed by atoms with Gasteiger partial charge in [0.2, 0.25) is 0 Å². The van der Waals surface area contributed by atoms with Gasteiger partial charge in [-0.3, -0.25) is 4.98 Å². The number of fused-ring (bicyclic) bond motifs is 1. The fourth-order valence-corrected chi connectivity index (χ4v) is 2.70. The molecule has 0 amide bonds. The van der Waals surface area contributed by atoms with Gasteiger partial charge in [0, 0.05) is 18.8 Å². The molecule has 3 heteroatoms. The number of rotatable bonds is 3. The van der Waals surface area contributed by atoms with Gasteiger partial charge in [-0.05, 0) is 48.4 Å². The van der Waals surface area contributed by atoms with Crippen LogP contribution < -0.4 is 10.1 Å². The zero-order valence-electron chi connectivity index (χ0n) is 11.3. The number of hydrogen-bond donors (Lipinski definition) is 1. The molecule has 0 spiro atoms. The first kappa shape index (κ1) is 12.2. The van der Waals surface area contributed by atoms with E-state index in [1.54, 1.807) is 0 Å². The van der Waals surface area contributed by atoms with E-state index in [1.807, 2.05) is 19.4 Å². The Bertz CT molecular complexity index is 595. The molecule has 0 radical (unpaired) electrons. The number of nitrogens with one attached hydrogen (secondary N) is 1. The van der Waals surface area contributed by atoms with Crippen molar-refractivity contribution in [2.24, 2.45) is 0 Å². The van der Waals surface area contributed by atoms with E-state index < -0.39 is 0 Å². The van der Waals surface area contributed by atoms with E-state index in [-0.39, 0.29) is 6.04 Å². The SMILES string of the molecule is CNC(c1ccc2c(c1)CCO2)c1ccncc1C. The zero-order valence-corrected chi connectivity index (χ0v) is 11.3. The maximum Gasteiger partial charge on any atom is 0.122 e. The Kier molecular flexibility index (Phi) is 3.22. The summed E-state index contributed by atoms with van der Waals surface area (Å²) in [6, 6.07) is 8.77. The van der Waals surface area contributed by atoms with Gasteiger partial charge in [0.1, 0.15) is 5.75 Å². The molecule has 1 atom stereocenters. The predicted octanol–water partition coefficient (Wildman–Crippen LogP) is 2.63. The molecule has 98 valence electrons. The van der Waals surface area contributed by atoms with Gasteiger partial charge >= 0.3 is 0 Å². The minimum absolute atomic E-state index is 0.203. The average molecular weight is 254 g/mol. The van der Waals surface area contributed by atoms with E-state index in [1.165, 1.54) is 22.3 Å². The second kappa shape index (κ2) is 5.02. The highest BCUT2D eigenvalue weighted by atomic mass is 16.5. The number of nitrogens with zero attached hydrogens (tertiary/aromatic N) is 1. The lowest BCUT2D eigenvalue weighted by Gasteiger charge is -2.19. The third kappa shape index (κ3) is 2.22. The summed E-state index contributed by atoms with van der Waals surface area (Å²) in [7, 11) is 1.99. The van der Waals surface area contributed by atoms with Crippen LogP contribution in [0.2, 0.25) is 0 Å². The highest BCUT2D eigenvalue weighted by Crippen LogP contribution is 2.31. The van der Waals surface area contributed by atoms with Crippen molar-refractivity contribution in [3.63, 3.8) is 0 Å². The lowest BCUT2D eigenvalue weighted by Crippen LogP contribution is -2.18. The number of benzene rings is 1. The molecule has 3 nitrogen and oxygen atoms in total. The molecule has 1 unspecified atom stereocenters. The van der Waals surface area contributed by atoms with Crippen molar-refractivity contribution in [3.8, 4) is 5.75 Å². The largest absolute Gasteiger partial charge is 0.493 e. The van der Waals surface area contributed by atoms with Crippen LogP contribution in [-0.4, -0.2) is 18.6 Å². The average Bonchev–Trinajstić information content (AvgIpc) is 2.89. The minimum atomic E-state index is 0.203. The summed E-state index contributed by atoms with van der Waals surface area (Å²) in [4.78, 5) is 4.17. The topological polar surface area (TPSA) is 34.1 Å². The van der Waals surface area contributed by atoms with Crippen LogP contribution in [0.25, 0.3) is 0 Å². The van der Waals surface area contributed by atoms with Gasteiger partial charge < -0.3 is 10.1 Å². The Labute approximate surface area is 113 Å². The van der Waals surface area contributed by atoms with E-state index in [0.29, 0.717) is 0 Å². The molecule has 0 fully saturated rings. The third-order valence-electron chi connectivity index (χ3n) is 3.71. The molecule has 1 aliphatic heterocycles. The second-order valence-electron chi connectivity index (χ2n) is 4.92. The third-order valence-corrected chi connectivity index (χ3v) is 3.71. The monoisotopic (exact) mass is 254 g/mol. The first-order chi connectivity index (χ1) is 9.29. The van der Waals surface area contributed by atoms with E-state index >= 15 is 0 Å². The summed E-state index contributed by atoms with van der Waals surface area (Å²) in [5.41, 5.74) is 5.07. The van der Waals surface area contributed by atoms with Gasteiger partial charge in [-0.25, -0.2) is 0 Å². The van der Waals surface area contributed by atoms with Crippen LogP contribution in [0.3, 0.4) is 0 Å². The summed E-state index contributed by atoms with van der Waals surface area (Å²) >= 11 is 0. The Balaban J connectivity index is 2.01. The van der Waals surface area contributed by atoms with Gasteiger partial charge in [-0.15, -0.1) is 0 Å². The normalized spacial score (nSPS) is 14.8. The molecule has 0 saturated heterocycles. The van der Waals surface area contributed by atoms with Gasteiger partial charge in [-0.2, -0.15) is 0 Å². The summed E-state index contributed by atoms with van der Waals surface area (Å²) in [5, 5.41) is 3.40. The van der Waals surface area contributed by atoms with E-state index in [2.05, 4.69) is 41.5 Å². The zero-order chi connectivity index (χ0) is 13.2. The molecule has 0 aliphatic carbocycles. The van der Waals surface area contributed by atoms with Crippen molar-refractivity contribution in [2.75, 3.05) is 13.7 Å². The molecule has 2 aromatic rings. The lowest BCUT2D eigenvalue weighted by atomic mass is 9.95. The van der Waals surface area contributed by atoms with Crippen molar-refractivity contribution in [3.05, 3.63) is 58.9 Å². The smallest absolute Gasteiger partial charge is 0.122 e. The van der Waals surface area contributed by atoms with Crippen molar-refractivity contribution < 1.29 is 4.74 Å². The highest BCUT2D eigenvalue weighted by molar-refractivity contribution is 5.44. The molecule has 1 aromatic heterocycles. The van der Waals surface area contributed by atoms with Crippen LogP contribution in [-0.2, 0) is 6.42 Å². The standard InChI is InChI=1S/C16H18N2O/c1-11-10-18-7-5-14(11)16(17-2)13-3-4-15-12(9-13)6-8-19-15/h3-5,7,9-10,16-17H,6,8H2,1-2H3. The Morgan fingerprint density at radius 1 is 1.32 bits per heavy atom. The van der Waals surface area contributed by atoms with Gasteiger partial charge in [0.15, 0.2) is 0 Å². The number of aryl methyl sites for hydroxylation is 1. The molecule has 19 heavy (non-hydrogen) atoms. The highest BCUT2D eigenvalue weighted by Gasteiger charge is 2.18. The van der Waals surface area contributed by atoms with Gasteiger partial charge in [0.05, 0.1) is 12.6 Å². The predicted molar refractivity (Wildman–Crippen MR) is 75.5 cm³/mol. The van der Waals surface area contributed by atoms with Gasteiger partial charge in [0.25, 0.3) is 0 Å². The molecule has 1 N–H and O–H groups in total. The minimum Gasteiger partial charge on any atom is -0.493 e. The second-order valence-corrected chi connectivity index (χ2v) is 4.92. The molecular weight excluding hydrogens is 236 g/mol. The molecule has 0 bridgehead atoms. The van der Waals surface area contributed by atoms with Crippen LogP contribution in [0.1, 0.15) is 28.3 Å². The first-order valence-electron chi connectivity index (χ1n) is 6.63. The molecular formula is C16H18N2O. The lowest BCUT2D eigenvalue weighted by molar-refractivity contribution is 0.357. The number of ether oxygens (including phenoxy) is 1. The first-order valence-corrected chi connectivity index (χ1v) is 6.63. The summed E-state index contributed by atoms with van der Waals surface area (Å²) in [5.74, 6) is 1.03. The van der Waals surface area contributed by atoms with Crippen LogP contribution in [0.4, 0.5) is 0 Å². The maximum atomic E-state index is 5.57. The molecule has 0 saturated carbocycles. The fraction of sp³-hybridized carbons (Fsp3) is 0.312. The van der Waals surface area contributed by atoms with Crippen molar-refractivity contribution in [1.82, 2.24) is 10.3 Å². The fourth-order valence-electron chi connectivity index (χ4n) is 2.70. The van der Waals surface area contributed by atoms with E-state index in [0.717, 1.165) is 18.8 Å². The maximum absolute atomic E-state index is 5.57. The number of hydrogen-bond acceptors (Lipinski definition) is 3. The molecule has 2 heterocycles. The summed E-state index contributed by atoms with van der Waals surface area (Å²) < 4.78 is 5.57. The van der Waals surface area contributed by atoms with Crippen LogP contribution in [0.5, 0.6) is 5.75 Å². The quantitative estimate of drug-likeness (QED) is 0.914. The molecule has 3 rings (SSSR count). The van der Waals surface area contributed by atoms with Crippen LogP contribution in [0.15, 0.2) is 36.7 Å². The molecule has 1 aliphatic rings. The molecule has 1 aromatic carbocycles. The van der Waals surface area contributed by atoms with Crippen LogP contribution in [0, 0.1) is 6.92 Å².